The zero-order chi connectivity index (χ0) is 37.3. The van der Waals surface area contributed by atoms with Crippen LogP contribution in [-0.2, 0) is 28.4 Å². The Morgan fingerprint density at radius 2 is 1.67 bits per heavy atom. The first-order valence-electron chi connectivity index (χ1n) is 15.6. The molecule has 1 amide bonds. The summed E-state index contributed by atoms with van der Waals surface area (Å²) in [5.41, 5.74) is -6.35. The quantitative estimate of drug-likeness (QED) is 0.218. The molecule has 1 fully saturated rings. The molecule has 5 rings (SSSR count). The fourth-order valence-electron chi connectivity index (χ4n) is 5.75. The van der Waals surface area contributed by atoms with Crippen LogP contribution in [0.4, 0.5) is 40.8 Å². The number of aliphatic hydroxyl groups excluding tert-OH is 1. The predicted molar refractivity (Wildman–Crippen MR) is 166 cm³/mol. The number of rotatable bonds is 12. The molecule has 52 heavy (non-hydrogen) atoms. The number of carbonyl (C=O) groups is 1. The third-order valence-corrected chi connectivity index (χ3v) is 8.91. The average Bonchev–Trinajstić information content (AvgIpc) is 3.05. The van der Waals surface area contributed by atoms with Gasteiger partial charge in [-0.2, -0.15) is 30.7 Å². The van der Waals surface area contributed by atoms with Crippen LogP contribution in [0.1, 0.15) is 36.1 Å². The number of halogens is 8. The van der Waals surface area contributed by atoms with Gasteiger partial charge in [0.05, 0.1) is 29.9 Å². The Morgan fingerprint density at radius 3 is 2.29 bits per heavy atom. The summed E-state index contributed by atoms with van der Waals surface area (Å²) in [6.07, 6.45) is -8.17. The van der Waals surface area contributed by atoms with Crippen molar-refractivity contribution in [1.82, 2.24) is 24.9 Å². The minimum Gasteiger partial charge on any atom is -0.650 e. The van der Waals surface area contributed by atoms with Crippen LogP contribution in [0.5, 0.6) is 5.75 Å². The van der Waals surface area contributed by atoms with Gasteiger partial charge in [-0.1, -0.05) is 18.2 Å². The number of hydrazine groups is 1. The Morgan fingerprint density at radius 1 is 0.981 bits per heavy atom. The first-order valence-corrected chi connectivity index (χ1v) is 15.6. The number of amides is 1. The molecule has 0 unspecified atom stereocenters. The minimum absolute atomic E-state index is 0. The number of ether oxygens (including phenoxy) is 2. The number of methoxy groups -OCH3 is 1. The van der Waals surface area contributed by atoms with Gasteiger partial charge in [-0.15, -0.1) is 5.69 Å². The number of likely N-dealkylation sites (N-methyl/N-ethyl adjacent to an activating group) is 2. The second-order valence-electron chi connectivity index (χ2n) is 12.1. The Hall–Kier alpha value is -2.91. The number of aromatic nitrogens is 2. The van der Waals surface area contributed by atoms with E-state index in [2.05, 4.69) is 15.3 Å². The van der Waals surface area contributed by atoms with Gasteiger partial charge < -0.3 is 24.8 Å². The molecule has 1 spiro atoms. The summed E-state index contributed by atoms with van der Waals surface area (Å²) in [6, 6.07) is 4.84. The molecule has 2 aromatic carbocycles. The zero-order valence-electron chi connectivity index (χ0n) is 28.6. The molecule has 19 heteroatoms. The van der Waals surface area contributed by atoms with Gasteiger partial charge in [0.15, 0.2) is 11.6 Å². The molecular weight excluding hydrogens is 735 g/mol. The molecule has 0 bridgehead atoms. The maximum absolute atomic E-state index is 15.4. The summed E-state index contributed by atoms with van der Waals surface area (Å²) >= 11 is 0. The van der Waals surface area contributed by atoms with Gasteiger partial charge in [-0.3, -0.25) is 9.80 Å². The van der Waals surface area contributed by atoms with Crippen LogP contribution in [0, 0.1) is 11.6 Å². The maximum Gasteiger partial charge on any atom is 1.00 e. The van der Waals surface area contributed by atoms with Crippen molar-refractivity contribution in [3.05, 3.63) is 88.0 Å². The fourth-order valence-corrected chi connectivity index (χ4v) is 5.75. The predicted octanol–water partition coefficient (Wildman–Crippen LogP) is 4.01. The van der Waals surface area contributed by atoms with Crippen LogP contribution in [0.15, 0.2) is 54.2 Å². The second-order valence-corrected chi connectivity index (χ2v) is 12.1. The van der Waals surface area contributed by atoms with E-state index in [1.54, 1.807) is 14.2 Å². The summed E-state index contributed by atoms with van der Waals surface area (Å²) < 4.78 is 123. The van der Waals surface area contributed by atoms with Gasteiger partial charge in [-0.05, 0) is 55.8 Å². The summed E-state index contributed by atoms with van der Waals surface area (Å²) in [6.45, 7) is 0.945. The fraction of sp³-hybridized carbons (Fsp3) is 0.424. The van der Waals surface area contributed by atoms with Gasteiger partial charge in [0, 0.05) is 32.8 Å². The van der Waals surface area contributed by atoms with Gasteiger partial charge >= 0.3 is 63.7 Å². The van der Waals surface area contributed by atoms with Crippen LogP contribution >= 0.6 is 0 Å². The third-order valence-electron chi connectivity index (χ3n) is 8.91. The van der Waals surface area contributed by atoms with Crippen LogP contribution in [-0.4, -0.2) is 88.9 Å². The topological polar surface area (TPSA) is 105 Å². The maximum atomic E-state index is 15.4. The Labute approximate surface area is 336 Å². The monoisotopic (exact) mass is 768 g/mol. The molecule has 0 saturated heterocycles. The largest absolute Gasteiger partial charge is 1.00 e. The molecule has 1 aliphatic heterocycles. The Balaban J connectivity index is 0.00000605. The van der Waals surface area contributed by atoms with E-state index in [1.165, 1.54) is 24.2 Å². The van der Waals surface area contributed by atoms with Crippen LogP contribution in [0.3, 0.4) is 0 Å². The number of alkyl halides is 6. The number of benzene rings is 2. The average molecular weight is 769 g/mol. The summed E-state index contributed by atoms with van der Waals surface area (Å²) in [7, 11) is 4.81. The SMILES string of the molecule is COCCN(C)CCOc1ccc(CN2C(=O)C([N-]c3ccc(C(F)(F)F)cc3-c3cc(C(F)(F)F)ncn3)=C(O)C3(CCC3)N2C)c(F)c1F.[K+]. The molecule has 1 N–H and O–H groups in total. The van der Waals surface area contributed by atoms with E-state index in [9.17, 15) is 36.2 Å². The van der Waals surface area contributed by atoms with Gasteiger partial charge in [0.1, 0.15) is 24.4 Å². The first kappa shape index (κ1) is 41.8. The van der Waals surface area contributed by atoms with E-state index in [-0.39, 0.29) is 69.3 Å². The summed E-state index contributed by atoms with van der Waals surface area (Å²) in [4.78, 5) is 22.7. The van der Waals surface area contributed by atoms with E-state index < -0.39 is 81.6 Å². The summed E-state index contributed by atoms with van der Waals surface area (Å²) in [5, 5.41) is 18.0. The molecule has 1 aliphatic carbocycles. The third kappa shape index (κ3) is 8.72. The van der Waals surface area contributed by atoms with Crippen molar-refractivity contribution in [2.45, 2.75) is 43.7 Å². The smallest absolute Gasteiger partial charge is 0.650 e. The van der Waals surface area contributed by atoms with Crippen molar-refractivity contribution in [1.29, 1.82) is 0 Å². The standard InChI is InChI=1S/C33H34F8N6O4.K/c1-45(11-13-50-3)12-14-51-24-8-5-19(26(34)27(24)35)17-47-30(49)28(29(48)31(46(47)2)9-4-10-31)44-22-7-6-20(32(36,37)38)15-21(22)23-16-25(33(39,40)41)43-18-42-23;/h5-8,15-16,18H,4,9-14,17H2,1-3H3,(H2,42,43,44,48,49);/q;+1/p-1. The van der Waals surface area contributed by atoms with Gasteiger partial charge in [0.25, 0.3) is 0 Å². The van der Waals surface area contributed by atoms with Crippen molar-refractivity contribution in [3.8, 4) is 17.0 Å². The number of aliphatic hydroxyl groups is 1. The van der Waals surface area contributed by atoms with E-state index in [0.29, 0.717) is 63.5 Å². The molecule has 276 valence electrons. The second kappa shape index (κ2) is 16.6. The molecule has 3 aromatic rings. The minimum atomic E-state index is -4.96. The normalized spacial score (nSPS) is 16.3. The van der Waals surface area contributed by atoms with Gasteiger partial charge in [-0.25, -0.2) is 19.4 Å². The van der Waals surface area contributed by atoms with Crippen LogP contribution in [0.25, 0.3) is 16.6 Å². The van der Waals surface area contributed by atoms with E-state index in [1.807, 2.05) is 4.90 Å². The molecule has 1 aromatic heterocycles. The van der Waals surface area contributed by atoms with Crippen LogP contribution < -0.4 is 56.1 Å². The van der Waals surface area contributed by atoms with Gasteiger partial charge in [0.2, 0.25) is 11.7 Å². The molecule has 0 atom stereocenters. The Bertz CT molecular complexity index is 1800. The molecule has 1 saturated carbocycles. The van der Waals surface area contributed by atoms with E-state index in [4.69, 9.17) is 9.47 Å². The molecule has 2 aliphatic rings. The number of nitrogens with zero attached hydrogens (tertiary/aromatic N) is 6. The van der Waals surface area contributed by atoms with E-state index >= 15 is 8.78 Å². The van der Waals surface area contributed by atoms with Crippen molar-refractivity contribution < 1.29 is 106 Å². The Kier molecular flexibility index (Phi) is 13.4. The van der Waals surface area contributed by atoms with Crippen molar-refractivity contribution in [2.75, 3.05) is 47.5 Å². The number of hydrogen-bond donors (Lipinski definition) is 1. The summed E-state index contributed by atoms with van der Waals surface area (Å²) in [5.74, 6) is -4.51. The van der Waals surface area contributed by atoms with Crippen LogP contribution in [0.2, 0.25) is 0 Å². The molecule has 0 radical (unpaired) electrons. The molecule has 2 heterocycles. The van der Waals surface area contributed by atoms with E-state index in [0.717, 1.165) is 11.1 Å². The van der Waals surface area contributed by atoms with Crippen molar-refractivity contribution in [2.24, 2.45) is 0 Å². The number of hydrogen-bond acceptors (Lipinski definition) is 8. The van der Waals surface area contributed by atoms with Crippen molar-refractivity contribution >= 4 is 11.6 Å². The molecule has 10 nitrogen and oxygen atoms in total. The van der Waals surface area contributed by atoms with Crippen molar-refractivity contribution in [3.63, 3.8) is 0 Å². The molecular formula is C33H33F8KN6O4. The zero-order valence-corrected chi connectivity index (χ0v) is 31.7. The first-order chi connectivity index (χ1) is 24.0. The number of carbonyl (C=O) groups excluding carboxylic acids is 1.